The Bertz CT molecular complexity index is 1500. The van der Waals surface area contributed by atoms with Gasteiger partial charge in [-0.1, -0.05) is 42.5 Å². The van der Waals surface area contributed by atoms with Crippen molar-refractivity contribution in [2.45, 2.75) is 50.4 Å². The number of aliphatic hydroxyl groups excluding tert-OH is 1. The monoisotopic (exact) mass is 704 g/mol. The van der Waals surface area contributed by atoms with Crippen LogP contribution in [0.3, 0.4) is 0 Å². The van der Waals surface area contributed by atoms with Gasteiger partial charge in [0.1, 0.15) is 0 Å². The summed E-state index contributed by atoms with van der Waals surface area (Å²) in [5.41, 5.74) is 2.27. The Labute approximate surface area is 261 Å². The number of nitrogens with zero attached hydrogens (tertiary/aromatic N) is 1. The van der Waals surface area contributed by atoms with Crippen molar-refractivity contribution >= 4 is 50.1 Å². The number of anilines is 1. The number of rotatable bonds is 13. The molecule has 0 saturated heterocycles. The molecule has 1 aliphatic carbocycles. The number of amides is 2. The molecule has 1 aliphatic rings. The van der Waals surface area contributed by atoms with Crippen LogP contribution in [0.1, 0.15) is 57.7 Å². The van der Waals surface area contributed by atoms with E-state index in [-0.39, 0.29) is 22.9 Å². The molecule has 0 unspecified atom stereocenters. The van der Waals surface area contributed by atoms with Crippen molar-refractivity contribution in [3.8, 4) is 0 Å². The summed E-state index contributed by atoms with van der Waals surface area (Å²) >= 11 is 2.21. The lowest BCUT2D eigenvalue weighted by atomic mass is 10.00. The first-order valence-corrected chi connectivity index (χ1v) is 16.7. The van der Waals surface area contributed by atoms with Gasteiger partial charge in [-0.05, 0) is 90.2 Å². The van der Waals surface area contributed by atoms with Crippen LogP contribution in [0.4, 0.5) is 5.69 Å². The smallest absolute Gasteiger partial charge is 0.251 e. The maximum Gasteiger partial charge on any atom is 0.251 e. The summed E-state index contributed by atoms with van der Waals surface area (Å²) in [6.07, 6.45) is 2.71. The first-order valence-electron chi connectivity index (χ1n) is 13.8. The van der Waals surface area contributed by atoms with Gasteiger partial charge in [0.05, 0.1) is 30.1 Å². The molecule has 0 heterocycles. The number of halogens is 1. The van der Waals surface area contributed by atoms with Crippen molar-refractivity contribution in [2.75, 3.05) is 24.2 Å². The summed E-state index contributed by atoms with van der Waals surface area (Å²) in [6.45, 7) is 2.18. The summed E-state index contributed by atoms with van der Waals surface area (Å²) in [6, 6.07) is 21.1. The zero-order chi connectivity index (χ0) is 30.4. The summed E-state index contributed by atoms with van der Waals surface area (Å²) < 4.78 is 26.8. The van der Waals surface area contributed by atoms with Crippen molar-refractivity contribution in [2.24, 2.45) is 0 Å². The second kappa shape index (κ2) is 14.0. The normalized spacial score (nSPS) is 15.4. The third kappa shape index (κ3) is 9.00. The van der Waals surface area contributed by atoms with Gasteiger partial charge in [-0.15, -0.1) is 0 Å². The molecule has 0 aliphatic heterocycles. The molecule has 9 nitrogen and oxygen atoms in total. The van der Waals surface area contributed by atoms with Gasteiger partial charge in [-0.3, -0.25) is 13.9 Å². The summed E-state index contributed by atoms with van der Waals surface area (Å²) in [7, 11) is -2.31. The molecule has 3 atom stereocenters. The molecule has 3 aromatic rings. The fourth-order valence-corrected chi connectivity index (χ4v) is 5.33. The van der Waals surface area contributed by atoms with E-state index in [1.165, 1.54) is 25.2 Å². The number of nitrogens with one attached hydrogen (secondary N) is 3. The molecular weight excluding hydrogens is 667 g/mol. The van der Waals surface area contributed by atoms with Crippen LogP contribution in [0, 0.1) is 3.57 Å². The third-order valence-corrected chi connectivity index (χ3v) is 9.22. The van der Waals surface area contributed by atoms with Crippen LogP contribution in [-0.2, 0) is 16.4 Å². The Morgan fingerprint density at radius 2 is 1.57 bits per heavy atom. The van der Waals surface area contributed by atoms with E-state index >= 15 is 0 Å². The minimum atomic E-state index is -3.68. The van der Waals surface area contributed by atoms with Gasteiger partial charge in [0.2, 0.25) is 10.0 Å². The largest absolute Gasteiger partial charge is 0.390 e. The average Bonchev–Trinajstić information content (AvgIpc) is 3.80. The van der Waals surface area contributed by atoms with Crippen LogP contribution >= 0.6 is 22.6 Å². The van der Waals surface area contributed by atoms with Crippen LogP contribution in [0.2, 0.25) is 0 Å². The molecule has 0 spiro atoms. The van der Waals surface area contributed by atoms with Gasteiger partial charge in [-0.2, -0.15) is 0 Å². The predicted octanol–water partition coefficient (Wildman–Crippen LogP) is 3.63. The maximum absolute atomic E-state index is 13.6. The fraction of sp³-hybridized carbons (Fsp3) is 0.355. The van der Waals surface area contributed by atoms with Gasteiger partial charge in [-0.25, -0.2) is 8.42 Å². The molecule has 3 aromatic carbocycles. The standard InChI is InChI=1S/C31H37IN4O5S/c1-20(22-9-11-25(32)12-10-22)34-30(38)23-16-24(18-27(17-23)36(2)42(3,40)41)31(39)35-28(15-21-7-5-4-6-8-21)29(37)19-33-26-13-14-26/h4-12,16-18,20,26,28-29,33,37H,13-15,19H2,1-3H3,(H,34,38)(H,35,39)/t20-,28+,29-/m1/s1. The van der Waals surface area contributed by atoms with Crippen molar-refractivity contribution in [1.29, 1.82) is 0 Å². The average molecular weight is 705 g/mol. The highest BCUT2D eigenvalue weighted by atomic mass is 127. The lowest BCUT2D eigenvalue weighted by Gasteiger charge is -2.25. The number of aliphatic hydroxyl groups is 1. The molecule has 2 amide bonds. The molecule has 0 radical (unpaired) electrons. The maximum atomic E-state index is 13.6. The molecule has 4 N–H and O–H groups in total. The van der Waals surface area contributed by atoms with E-state index in [9.17, 15) is 23.1 Å². The van der Waals surface area contributed by atoms with Crippen LogP contribution in [-0.4, -0.2) is 63.4 Å². The molecular formula is C31H37IN4O5S. The van der Waals surface area contributed by atoms with Crippen molar-refractivity contribution in [3.63, 3.8) is 0 Å². The molecule has 1 fully saturated rings. The topological polar surface area (TPSA) is 128 Å². The number of benzene rings is 3. The minimum Gasteiger partial charge on any atom is -0.390 e. The first-order chi connectivity index (χ1) is 19.9. The quantitative estimate of drug-likeness (QED) is 0.202. The van der Waals surface area contributed by atoms with E-state index in [1.807, 2.05) is 61.5 Å². The molecule has 0 bridgehead atoms. The Kier molecular flexibility index (Phi) is 10.6. The Morgan fingerprint density at radius 1 is 0.976 bits per heavy atom. The number of hydrogen-bond donors (Lipinski definition) is 4. The highest BCUT2D eigenvalue weighted by Crippen LogP contribution is 2.23. The molecule has 0 aromatic heterocycles. The SMILES string of the molecule is C[C@@H](NC(=O)c1cc(C(=O)N[C@@H](Cc2ccccc2)[C@H](O)CNC2CC2)cc(N(C)S(C)(=O)=O)c1)c1ccc(I)cc1. The molecule has 1 saturated carbocycles. The van der Waals surface area contributed by atoms with Gasteiger partial charge in [0.15, 0.2) is 0 Å². The van der Waals surface area contributed by atoms with Crippen LogP contribution in [0.15, 0.2) is 72.8 Å². The lowest BCUT2D eigenvalue weighted by Crippen LogP contribution is -2.49. The van der Waals surface area contributed by atoms with Crippen molar-refractivity contribution in [1.82, 2.24) is 16.0 Å². The van der Waals surface area contributed by atoms with E-state index in [0.717, 1.165) is 38.1 Å². The zero-order valence-electron chi connectivity index (χ0n) is 23.9. The highest BCUT2D eigenvalue weighted by Gasteiger charge is 2.27. The van der Waals surface area contributed by atoms with Crippen LogP contribution in [0.25, 0.3) is 0 Å². The predicted molar refractivity (Wildman–Crippen MR) is 173 cm³/mol. The lowest BCUT2D eigenvalue weighted by molar-refractivity contribution is 0.0830. The summed E-state index contributed by atoms with van der Waals surface area (Å²) in [4.78, 5) is 27.0. The van der Waals surface area contributed by atoms with Gasteiger partial charge >= 0.3 is 0 Å². The number of hydrogen-bond acceptors (Lipinski definition) is 6. The summed E-state index contributed by atoms with van der Waals surface area (Å²) in [5.74, 6) is -0.974. The Hall–Kier alpha value is -3.00. The first kappa shape index (κ1) is 31.9. The van der Waals surface area contributed by atoms with E-state index in [0.29, 0.717) is 19.0 Å². The Morgan fingerprint density at radius 3 is 2.14 bits per heavy atom. The minimum absolute atomic E-state index is 0.107. The summed E-state index contributed by atoms with van der Waals surface area (Å²) in [5, 5.41) is 20.2. The van der Waals surface area contributed by atoms with E-state index in [1.54, 1.807) is 0 Å². The number of carbonyl (C=O) groups excluding carboxylic acids is 2. The highest BCUT2D eigenvalue weighted by molar-refractivity contribution is 14.1. The van der Waals surface area contributed by atoms with E-state index in [2.05, 4.69) is 38.5 Å². The fourth-order valence-electron chi connectivity index (χ4n) is 4.48. The molecule has 11 heteroatoms. The second-order valence-electron chi connectivity index (χ2n) is 10.8. The number of carbonyl (C=O) groups is 2. The molecule has 42 heavy (non-hydrogen) atoms. The van der Waals surface area contributed by atoms with Crippen LogP contribution < -0.4 is 20.3 Å². The Balaban J connectivity index is 1.60. The molecule has 224 valence electrons. The van der Waals surface area contributed by atoms with E-state index in [4.69, 9.17) is 0 Å². The van der Waals surface area contributed by atoms with Crippen molar-refractivity contribution in [3.05, 3.63) is 98.6 Å². The number of sulfonamides is 1. The molecule has 4 rings (SSSR count). The van der Waals surface area contributed by atoms with Gasteiger partial charge < -0.3 is 21.1 Å². The van der Waals surface area contributed by atoms with Crippen LogP contribution in [0.5, 0.6) is 0 Å². The van der Waals surface area contributed by atoms with E-state index < -0.39 is 34.0 Å². The van der Waals surface area contributed by atoms with Gasteiger partial charge in [0.25, 0.3) is 11.8 Å². The zero-order valence-corrected chi connectivity index (χ0v) is 26.9. The van der Waals surface area contributed by atoms with Crippen molar-refractivity contribution < 1.29 is 23.1 Å². The second-order valence-corrected chi connectivity index (χ2v) is 14.0. The third-order valence-electron chi connectivity index (χ3n) is 7.29. The van der Waals surface area contributed by atoms with Gasteiger partial charge in [0, 0.05) is 34.3 Å².